The summed E-state index contributed by atoms with van der Waals surface area (Å²) in [5.74, 6) is 0. The molecule has 2 aliphatic rings. The number of thiazole rings is 1. The maximum Gasteiger partial charge on any atom is 0.100 e. The molecule has 1 N–H and O–H groups in total. The maximum atomic E-state index is 4.40. The summed E-state index contributed by atoms with van der Waals surface area (Å²) in [6, 6.07) is 0. The zero-order valence-corrected chi connectivity index (χ0v) is 7.58. The monoisotopic (exact) mass is 178 g/mol. The van der Waals surface area contributed by atoms with Gasteiger partial charge < -0.3 is 5.32 Å². The Hall–Kier alpha value is -0.830. The van der Waals surface area contributed by atoms with E-state index in [-0.39, 0.29) is 0 Å². The number of nitrogens with zero attached hydrogens (tertiary/aromatic N) is 1. The molecule has 1 aromatic rings. The number of allylic oxidation sites excluding steroid dienone is 1. The number of fused-ring (bicyclic) bond motifs is 1. The van der Waals surface area contributed by atoms with Crippen LogP contribution < -0.4 is 5.32 Å². The Kier molecular flexibility index (Phi) is 1.29. The molecule has 0 radical (unpaired) electrons. The fourth-order valence-corrected chi connectivity index (χ4v) is 2.41. The number of hydrogen-bond donors (Lipinski definition) is 1. The van der Waals surface area contributed by atoms with Crippen molar-refractivity contribution in [2.24, 2.45) is 0 Å². The van der Waals surface area contributed by atoms with E-state index in [1.165, 1.54) is 29.1 Å². The average Bonchev–Trinajstić information content (AvgIpc) is 2.82. The van der Waals surface area contributed by atoms with E-state index in [1.54, 1.807) is 16.9 Å². The highest BCUT2D eigenvalue weighted by Gasteiger charge is 2.24. The highest BCUT2D eigenvalue weighted by Crippen LogP contribution is 2.37. The lowest BCUT2D eigenvalue weighted by atomic mass is 10.1. The van der Waals surface area contributed by atoms with Crippen LogP contribution in [0.3, 0.4) is 0 Å². The van der Waals surface area contributed by atoms with E-state index >= 15 is 0 Å². The molecule has 0 spiro atoms. The van der Waals surface area contributed by atoms with Crippen molar-refractivity contribution < 1.29 is 0 Å². The summed E-state index contributed by atoms with van der Waals surface area (Å²) in [4.78, 5) is 5.86. The van der Waals surface area contributed by atoms with Crippen LogP contribution in [-0.4, -0.2) is 11.5 Å². The van der Waals surface area contributed by atoms with Gasteiger partial charge in [0.15, 0.2) is 0 Å². The molecule has 1 aromatic heterocycles. The summed E-state index contributed by atoms with van der Waals surface area (Å²) < 4.78 is 0. The molecule has 2 nitrogen and oxygen atoms in total. The van der Waals surface area contributed by atoms with Crippen LogP contribution in [0.5, 0.6) is 0 Å². The number of aromatic nitrogens is 1. The normalized spacial score (nSPS) is 20.3. The molecule has 0 unspecified atom stereocenters. The largest absolute Gasteiger partial charge is 0.383 e. The molecule has 1 aliphatic heterocycles. The molecule has 3 rings (SSSR count). The SMILES string of the molecule is c1nc2c(s1)CCNC2=C1CC1. The Balaban J connectivity index is 2.15. The molecule has 62 valence electrons. The van der Waals surface area contributed by atoms with Crippen LogP contribution in [0.15, 0.2) is 11.1 Å². The molecular weight excluding hydrogens is 168 g/mol. The molecule has 0 amide bonds. The van der Waals surface area contributed by atoms with Gasteiger partial charge in [0.2, 0.25) is 0 Å². The van der Waals surface area contributed by atoms with Crippen molar-refractivity contribution in [2.75, 3.05) is 6.54 Å². The zero-order valence-electron chi connectivity index (χ0n) is 6.76. The molecule has 1 aliphatic carbocycles. The van der Waals surface area contributed by atoms with Gasteiger partial charge in [0.1, 0.15) is 5.69 Å². The molecule has 0 saturated heterocycles. The first-order chi connectivity index (χ1) is 5.95. The van der Waals surface area contributed by atoms with Crippen LogP contribution in [0.4, 0.5) is 0 Å². The Bertz CT molecular complexity index is 345. The van der Waals surface area contributed by atoms with Gasteiger partial charge in [0.05, 0.1) is 11.2 Å². The van der Waals surface area contributed by atoms with E-state index in [2.05, 4.69) is 10.3 Å². The third-order valence-corrected chi connectivity index (χ3v) is 3.28. The van der Waals surface area contributed by atoms with Gasteiger partial charge in [-0.1, -0.05) is 0 Å². The zero-order chi connectivity index (χ0) is 7.97. The summed E-state index contributed by atoms with van der Waals surface area (Å²) in [5, 5.41) is 3.45. The fourth-order valence-electron chi connectivity index (χ4n) is 1.64. The number of rotatable bonds is 0. The molecule has 2 heterocycles. The van der Waals surface area contributed by atoms with Gasteiger partial charge >= 0.3 is 0 Å². The minimum Gasteiger partial charge on any atom is -0.383 e. The van der Waals surface area contributed by atoms with Gasteiger partial charge in [-0.05, 0) is 18.4 Å². The van der Waals surface area contributed by atoms with Crippen molar-refractivity contribution in [3.05, 3.63) is 21.7 Å². The summed E-state index contributed by atoms with van der Waals surface area (Å²) in [6.07, 6.45) is 3.70. The molecule has 1 saturated carbocycles. The van der Waals surface area contributed by atoms with E-state index in [0.29, 0.717) is 0 Å². The maximum absolute atomic E-state index is 4.40. The van der Waals surface area contributed by atoms with Crippen molar-refractivity contribution >= 4 is 17.0 Å². The molecular formula is C9H10N2S. The van der Waals surface area contributed by atoms with Gasteiger partial charge in [-0.25, -0.2) is 4.98 Å². The lowest BCUT2D eigenvalue weighted by Gasteiger charge is -2.15. The first kappa shape index (κ1) is 6.66. The van der Waals surface area contributed by atoms with E-state index in [1.807, 2.05) is 5.51 Å². The van der Waals surface area contributed by atoms with Crippen LogP contribution in [0, 0.1) is 0 Å². The lowest BCUT2D eigenvalue weighted by molar-refractivity contribution is 0.816. The van der Waals surface area contributed by atoms with Crippen molar-refractivity contribution in [3.63, 3.8) is 0 Å². The van der Waals surface area contributed by atoms with E-state index < -0.39 is 0 Å². The van der Waals surface area contributed by atoms with Crippen LogP contribution >= 0.6 is 11.3 Å². The highest BCUT2D eigenvalue weighted by atomic mass is 32.1. The van der Waals surface area contributed by atoms with Crippen LogP contribution in [0.2, 0.25) is 0 Å². The Labute approximate surface area is 75.3 Å². The Morgan fingerprint density at radius 1 is 1.33 bits per heavy atom. The molecule has 12 heavy (non-hydrogen) atoms. The summed E-state index contributed by atoms with van der Waals surface area (Å²) >= 11 is 1.79. The van der Waals surface area contributed by atoms with Gasteiger partial charge in [0.25, 0.3) is 0 Å². The smallest absolute Gasteiger partial charge is 0.100 e. The van der Waals surface area contributed by atoms with Crippen molar-refractivity contribution in [2.45, 2.75) is 19.3 Å². The fraction of sp³-hybridized carbons (Fsp3) is 0.444. The quantitative estimate of drug-likeness (QED) is 0.655. The van der Waals surface area contributed by atoms with Gasteiger partial charge in [-0.2, -0.15) is 0 Å². The van der Waals surface area contributed by atoms with Crippen LogP contribution in [0.1, 0.15) is 23.4 Å². The topological polar surface area (TPSA) is 24.9 Å². The molecule has 3 heteroatoms. The van der Waals surface area contributed by atoms with Gasteiger partial charge in [-0.3, -0.25) is 0 Å². The van der Waals surface area contributed by atoms with E-state index in [4.69, 9.17) is 0 Å². The average molecular weight is 178 g/mol. The molecule has 1 fully saturated rings. The summed E-state index contributed by atoms with van der Waals surface area (Å²) in [5.41, 5.74) is 6.11. The second-order valence-corrected chi connectivity index (χ2v) is 4.22. The van der Waals surface area contributed by atoms with Crippen molar-refractivity contribution in [1.29, 1.82) is 0 Å². The first-order valence-corrected chi connectivity index (χ1v) is 5.22. The first-order valence-electron chi connectivity index (χ1n) is 4.34. The molecule has 0 atom stereocenters. The predicted octanol–water partition coefficient (Wildman–Crippen LogP) is 1.79. The summed E-state index contributed by atoms with van der Waals surface area (Å²) in [7, 11) is 0. The van der Waals surface area contributed by atoms with Crippen LogP contribution in [0.25, 0.3) is 5.70 Å². The molecule has 0 bridgehead atoms. The number of nitrogens with one attached hydrogen (secondary N) is 1. The van der Waals surface area contributed by atoms with E-state index in [0.717, 1.165) is 13.0 Å². The Morgan fingerprint density at radius 3 is 3.08 bits per heavy atom. The van der Waals surface area contributed by atoms with Crippen molar-refractivity contribution in [1.82, 2.24) is 10.3 Å². The number of hydrogen-bond acceptors (Lipinski definition) is 3. The lowest BCUT2D eigenvalue weighted by Crippen LogP contribution is -2.21. The standard InChI is InChI=1S/C9H10N2S/c1-2-6(1)8-9-7(3-4-10-8)12-5-11-9/h5,10H,1-4H2. The highest BCUT2D eigenvalue weighted by molar-refractivity contribution is 7.09. The molecule has 0 aromatic carbocycles. The third-order valence-electron chi connectivity index (χ3n) is 2.39. The van der Waals surface area contributed by atoms with Crippen LogP contribution in [-0.2, 0) is 6.42 Å². The van der Waals surface area contributed by atoms with Gasteiger partial charge in [-0.15, -0.1) is 11.3 Å². The predicted molar refractivity (Wildman–Crippen MR) is 50.0 cm³/mol. The second-order valence-electron chi connectivity index (χ2n) is 3.28. The summed E-state index contributed by atoms with van der Waals surface area (Å²) in [6.45, 7) is 1.09. The minimum atomic E-state index is 1.09. The minimum absolute atomic E-state index is 1.09. The van der Waals surface area contributed by atoms with Crippen molar-refractivity contribution in [3.8, 4) is 0 Å². The second kappa shape index (κ2) is 2.33. The van der Waals surface area contributed by atoms with E-state index in [9.17, 15) is 0 Å². The third kappa shape index (κ3) is 0.894. The van der Waals surface area contributed by atoms with Gasteiger partial charge in [0, 0.05) is 17.8 Å². The Morgan fingerprint density at radius 2 is 2.25 bits per heavy atom.